The molecule has 20 heavy (non-hydrogen) atoms. The first-order valence-electron chi connectivity index (χ1n) is 6.31. The highest BCUT2D eigenvalue weighted by Gasteiger charge is 2.35. The smallest absolute Gasteiger partial charge is 0.253 e. The van der Waals surface area contributed by atoms with Crippen LogP contribution in [0.2, 0.25) is 0 Å². The minimum atomic E-state index is -0.363. The molecule has 1 fully saturated rings. The van der Waals surface area contributed by atoms with E-state index in [0.717, 1.165) is 6.42 Å². The Bertz CT molecular complexity index is 510. The van der Waals surface area contributed by atoms with Gasteiger partial charge in [-0.1, -0.05) is 13.8 Å². The van der Waals surface area contributed by atoms with Crippen molar-refractivity contribution < 1.29 is 9.18 Å². The number of amides is 1. The van der Waals surface area contributed by atoms with Crippen LogP contribution in [0.15, 0.2) is 22.7 Å². The highest BCUT2D eigenvalue weighted by Crippen LogP contribution is 2.29. The van der Waals surface area contributed by atoms with Crippen LogP contribution < -0.4 is 5.73 Å². The quantitative estimate of drug-likeness (QED) is 0.830. The Kier molecular flexibility index (Phi) is 5.58. The second kappa shape index (κ2) is 6.41. The van der Waals surface area contributed by atoms with E-state index in [0.29, 0.717) is 23.1 Å². The maximum atomic E-state index is 13.2. The molecule has 0 spiro atoms. The van der Waals surface area contributed by atoms with Crippen molar-refractivity contribution in [1.29, 1.82) is 0 Å². The molecule has 3 nitrogen and oxygen atoms in total. The molecular formula is C14H19BrClFN2O. The Hall–Kier alpha value is -0.650. The third-order valence-electron chi connectivity index (χ3n) is 3.77. The fourth-order valence-corrected chi connectivity index (χ4v) is 2.74. The van der Waals surface area contributed by atoms with E-state index in [9.17, 15) is 9.18 Å². The molecule has 1 aromatic carbocycles. The second-order valence-corrected chi connectivity index (χ2v) is 6.59. The number of benzene rings is 1. The lowest BCUT2D eigenvalue weighted by atomic mass is 9.79. The lowest BCUT2D eigenvalue weighted by Gasteiger charge is -2.42. The van der Waals surface area contributed by atoms with Crippen molar-refractivity contribution in [2.75, 3.05) is 13.1 Å². The average molecular weight is 366 g/mol. The van der Waals surface area contributed by atoms with E-state index in [-0.39, 0.29) is 35.6 Å². The van der Waals surface area contributed by atoms with Gasteiger partial charge < -0.3 is 10.6 Å². The fraction of sp³-hybridized carbons (Fsp3) is 0.500. The first-order chi connectivity index (χ1) is 8.81. The van der Waals surface area contributed by atoms with Gasteiger partial charge in [0.2, 0.25) is 0 Å². The number of piperidine rings is 1. The minimum absolute atomic E-state index is 0. The standard InChI is InChI=1S/C14H18BrFN2O.ClH/c1-14(2)8-18(6-5-12(14)17)13(19)9-3-4-11(16)10(15)7-9;/h3-4,7,12H,5-6,8,17H2,1-2H3;1H. The molecule has 1 amide bonds. The molecule has 1 aromatic rings. The predicted octanol–water partition coefficient (Wildman–Crippen LogP) is 3.21. The topological polar surface area (TPSA) is 46.3 Å². The molecule has 1 aliphatic rings. The predicted molar refractivity (Wildman–Crippen MR) is 83.6 cm³/mol. The van der Waals surface area contributed by atoms with Crippen LogP contribution in [-0.4, -0.2) is 29.9 Å². The Morgan fingerprint density at radius 1 is 1.50 bits per heavy atom. The van der Waals surface area contributed by atoms with Crippen molar-refractivity contribution in [1.82, 2.24) is 4.90 Å². The molecular weight excluding hydrogens is 347 g/mol. The van der Waals surface area contributed by atoms with Crippen LogP contribution in [0.1, 0.15) is 30.6 Å². The molecule has 0 radical (unpaired) electrons. The molecule has 1 aliphatic heterocycles. The number of carbonyl (C=O) groups excluding carboxylic acids is 1. The van der Waals surface area contributed by atoms with Crippen LogP contribution in [0.5, 0.6) is 0 Å². The summed E-state index contributed by atoms with van der Waals surface area (Å²) in [4.78, 5) is 14.2. The maximum absolute atomic E-state index is 13.2. The van der Waals surface area contributed by atoms with Crippen LogP contribution in [0, 0.1) is 11.2 Å². The van der Waals surface area contributed by atoms with Crippen LogP contribution in [0.3, 0.4) is 0 Å². The van der Waals surface area contributed by atoms with Crippen molar-refractivity contribution in [3.8, 4) is 0 Å². The number of carbonyl (C=O) groups is 1. The highest BCUT2D eigenvalue weighted by molar-refractivity contribution is 9.10. The first kappa shape index (κ1) is 17.4. The van der Waals surface area contributed by atoms with Gasteiger partial charge in [-0.05, 0) is 46.0 Å². The zero-order valence-electron chi connectivity index (χ0n) is 11.5. The summed E-state index contributed by atoms with van der Waals surface area (Å²) in [5, 5.41) is 0. The lowest BCUT2D eigenvalue weighted by Crippen LogP contribution is -2.54. The van der Waals surface area contributed by atoms with Gasteiger partial charge in [0.25, 0.3) is 5.91 Å². The zero-order valence-corrected chi connectivity index (χ0v) is 13.9. The van der Waals surface area contributed by atoms with Gasteiger partial charge in [-0.2, -0.15) is 0 Å². The van der Waals surface area contributed by atoms with Gasteiger partial charge >= 0.3 is 0 Å². The summed E-state index contributed by atoms with van der Waals surface area (Å²) >= 11 is 3.10. The minimum Gasteiger partial charge on any atom is -0.338 e. The van der Waals surface area contributed by atoms with E-state index in [2.05, 4.69) is 29.8 Å². The molecule has 6 heteroatoms. The Balaban J connectivity index is 0.00000200. The molecule has 2 N–H and O–H groups in total. The summed E-state index contributed by atoms with van der Waals surface area (Å²) in [6.45, 7) is 5.41. The van der Waals surface area contributed by atoms with Gasteiger partial charge in [-0.25, -0.2) is 4.39 Å². The van der Waals surface area contributed by atoms with Gasteiger partial charge in [0.1, 0.15) is 5.82 Å². The molecule has 1 unspecified atom stereocenters. The number of hydrogen-bond acceptors (Lipinski definition) is 2. The molecule has 0 aliphatic carbocycles. The molecule has 1 heterocycles. The fourth-order valence-electron chi connectivity index (χ4n) is 2.36. The largest absolute Gasteiger partial charge is 0.338 e. The van der Waals surface area contributed by atoms with Crippen LogP contribution in [-0.2, 0) is 0 Å². The van der Waals surface area contributed by atoms with Gasteiger partial charge in [-0.3, -0.25) is 4.79 Å². The zero-order chi connectivity index (χ0) is 14.2. The summed E-state index contributed by atoms with van der Waals surface area (Å²) in [7, 11) is 0. The Labute approximate surface area is 133 Å². The number of halogens is 3. The summed E-state index contributed by atoms with van der Waals surface area (Å²) < 4.78 is 13.5. The third kappa shape index (κ3) is 3.51. The number of hydrogen-bond donors (Lipinski definition) is 1. The van der Waals surface area contributed by atoms with Crippen molar-refractivity contribution in [2.24, 2.45) is 11.1 Å². The molecule has 1 saturated heterocycles. The second-order valence-electron chi connectivity index (χ2n) is 5.74. The van der Waals surface area contributed by atoms with Gasteiger partial charge in [0, 0.05) is 24.7 Å². The number of nitrogens with zero attached hydrogens (tertiary/aromatic N) is 1. The Morgan fingerprint density at radius 3 is 2.70 bits per heavy atom. The molecule has 2 rings (SSSR count). The van der Waals surface area contributed by atoms with Gasteiger partial charge in [0.15, 0.2) is 0 Å². The van der Waals surface area contributed by atoms with Crippen molar-refractivity contribution in [2.45, 2.75) is 26.3 Å². The van der Waals surface area contributed by atoms with Crippen molar-refractivity contribution in [3.05, 3.63) is 34.1 Å². The van der Waals surface area contributed by atoms with E-state index < -0.39 is 0 Å². The monoisotopic (exact) mass is 364 g/mol. The lowest BCUT2D eigenvalue weighted by molar-refractivity contribution is 0.0533. The summed E-state index contributed by atoms with van der Waals surface area (Å²) in [5.74, 6) is -0.432. The first-order valence-corrected chi connectivity index (χ1v) is 7.10. The van der Waals surface area contributed by atoms with E-state index in [1.807, 2.05) is 0 Å². The SMILES string of the molecule is CC1(C)CN(C(=O)c2ccc(F)c(Br)c2)CCC1N.Cl. The summed E-state index contributed by atoms with van der Waals surface area (Å²) in [6.07, 6.45) is 0.793. The van der Waals surface area contributed by atoms with Crippen LogP contribution >= 0.6 is 28.3 Å². The number of likely N-dealkylation sites (tertiary alicyclic amines) is 1. The van der Waals surface area contributed by atoms with Gasteiger partial charge in [-0.15, -0.1) is 12.4 Å². The highest BCUT2D eigenvalue weighted by atomic mass is 79.9. The van der Waals surface area contributed by atoms with Crippen LogP contribution in [0.25, 0.3) is 0 Å². The average Bonchev–Trinajstić information content (AvgIpc) is 2.35. The molecule has 112 valence electrons. The van der Waals surface area contributed by atoms with E-state index in [4.69, 9.17) is 5.73 Å². The molecule has 0 bridgehead atoms. The number of nitrogens with two attached hydrogens (primary N) is 1. The molecule has 0 aromatic heterocycles. The Morgan fingerprint density at radius 2 is 2.15 bits per heavy atom. The van der Waals surface area contributed by atoms with E-state index in [1.165, 1.54) is 18.2 Å². The van der Waals surface area contributed by atoms with Crippen LogP contribution in [0.4, 0.5) is 4.39 Å². The van der Waals surface area contributed by atoms with Crippen molar-refractivity contribution in [3.63, 3.8) is 0 Å². The van der Waals surface area contributed by atoms with E-state index in [1.54, 1.807) is 4.90 Å². The maximum Gasteiger partial charge on any atom is 0.253 e. The summed E-state index contributed by atoms with van der Waals surface area (Å²) in [6, 6.07) is 4.46. The van der Waals surface area contributed by atoms with Gasteiger partial charge in [0.05, 0.1) is 4.47 Å². The normalized spacial score (nSPS) is 21.2. The third-order valence-corrected chi connectivity index (χ3v) is 4.37. The number of rotatable bonds is 1. The van der Waals surface area contributed by atoms with E-state index >= 15 is 0 Å². The summed E-state index contributed by atoms with van der Waals surface area (Å²) in [5.41, 5.74) is 6.47. The molecule has 1 atom stereocenters. The molecule has 0 saturated carbocycles. The van der Waals surface area contributed by atoms with Crippen molar-refractivity contribution >= 4 is 34.2 Å².